The van der Waals surface area contributed by atoms with Crippen molar-refractivity contribution >= 4 is 29.2 Å². The lowest BCUT2D eigenvalue weighted by Gasteiger charge is -2.24. The van der Waals surface area contributed by atoms with Gasteiger partial charge in [0.1, 0.15) is 5.82 Å². The van der Waals surface area contributed by atoms with Crippen molar-refractivity contribution in [3.63, 3.8) is 0 Å². The molecule has 2 rings (SSSR count). The van der Waals surface area contributed by atoms with Gasteiger partial charge in [0.25, 0.3) is 0 Å². The molecule has 1 aliphatic rings. The van der Waals surface area contributed by atoms with Gasteiger partial charge in [-0.1, -0.05) is 11.6 Å². The molecule has 1 atom stereocenters. The van der Waals surface area contributed by atoms with Gasteiger partial charge in [-0.2, -0.15) is 0 Å². The van der Waals surface area contributed by atoms with Crippen LogP contribution in [0.2, 0.25) is 0 Å². The maximum Gasteiger partial charge on any atom is 0.371 e. The molecule has 5 nitrogen and oxygen atoms in total. The number of anilines is 1. The van der Waals surface area contributed by atoms with Gasteiger partial charge in [-0.15, -0.1) is 0 Å². The van der Waals surface area contributed by atoms with Crippen LogP contribution >= 0.6 is 11.6 Å². The highest BCUT2D eigenvalue weighted by Gasteiger charge is 2.28. The summed E-state index contributed by atoms with van der Waals surface area (Å²) in [5.74, 6) is -0.462. The fourth-order valence-electron chi connectivity index (χ4n) is 1.42. The lowest BCUT2D eigenvalue weighted by molar-refractivity contribution is -0.129. The molecule has 2 N–H and O–H groups in total. The first-order chi connectivity index (χ1) is 6.61. The van der Waals surface area contributed by atoms with E-state index in [0.29, 0.717) is 5.82 Å². The number of fused-ring (bicyclic) bond motifs is 1. The number of halogens is 1. The molecule has 0 fully saturated rings. The number of aromatic amines is 1. The Balaban J connectivity index is 2.49. The van der Waals surface area contributed by atoms with Crippen molar-refractivity contribution in [3.8, 4) is 0 Å². The van der Waals surface area contributed by atoms with E-state index in [1.807, 2.05) is 0 Å². The highest BCUT2D eigenvalue weighted by Crippen LogP contribution is 2.34. The third kappa shape index (κ3) is 1.17. The molecular weight excluding hydrogens is 206 g/mol. The summed E-state index contributed by atoms with van der Waals surface area (Å²) in [4.78, 5) is 19.1. The number of carboxylic acids is 1. The maximum absolute atomic E-state index is 10.8. The second kappa shape index (κ2) is 3.02. The first-order valence-electron chi connectivity index (χ1n) is 3.97. The molecule has 0 saturated carbocycles. The van der Waals surface area contributed by atoms with Crippen molar-refractivity contribution in [3.05, 3.63) is 17.8 Å². The Kier molecular flexibility index (Phi) is 1.96. The van der Waals surface area contributed by atoms with Crippen LogP contribution in [0, 0.1) is 0 Å². The van der Waals surface area contributed by atoms with Crippen molar-refractivity contribution in [2.75, 3.05) is 11.9 Å². The van der Waals surface area contributed by atoms with Gasteiger partial charge < -0.3 is 15.0 Å². The van der Waals surface area contributed by atoms with Crippen LogP contribution in [0.1, 0.15) is 11.1 Å². The average molecular weight is 214 g/mol. The van der Waals surface area contributed by atoms with Crippen LogP contribution in [0.4, 0.5) is 5.82 Å². The van der Waals surface area contributed by atoms with Gasteiger partial charge in [-0.3, -0.25) is 0 Å². The van der Waals surface area contributed by atoms with E-state index in [0.717, 1.165) is 5.56 Å². The molecule has 0 aromatic carbocycles. The standard InChI is InChI=1S/C8H8ClN3O2/c1-12-6-4(2-3-10-6)5(9)11-7(12)8(13)14/h2-3,5,10H,1H3,(H,13,14). The van der Waals surface area contributed by atoms with Gasteiger partial charge in [-0.05, 0) is 6.07 Å². The van der Waals surface area contributed by atoms with Crippen LogP contribution in [0.3, 0.4) is 0 Å². The molecule has 0 amide bonds. The predicted octanol–water partition coefficient (Wildman–Crippen LogP) is 1.18. The smallest absolute Gasteiger partial charge is 0.371 e. The van der Waals surface area contributed by atoms with Gasteiger partial charge in [0.05, 0.1) is 0 Å². The number of amidine groups is 1. The lowest BCUT2D eigenvalue weighted by Crippen LogP contribution is -2.36. The zero-order chi connectivity index (χ0) is 10.3. The lowest BCUT2D eigenvalue weighted by atomic mass is 10.2. The minimum absolute atomic E-state index is 0.0556. The molecule has 2 heterocycles. The topological polar surface area (TPSA) is 68.7 Å². The van der Waals surface area contributed by atoms with Crippen LogP contribution < -0.4 is 4.90 Å². The third-order valence-electron chi connectivity index (χ3n) is 2.09. The molecule has 1 aromatic rings. The van der Waals surface area contributed by atoms with Crippen LogP contribution in [0.5, 0.6) is 0 Å². The van der Waals surface area contributed by atoms with E-state index in [1.54, 1.807) is 19.3 Å². The molecule has 0 bridgehead atoms. The highest BCUT2D eigenvalue weighted by atomic mass is 35.5. The predicted molar refractivity (Wildman–Crippen MR) is 52.9 cm³/mol. The Labute approximate surface area is 85.0 Å². The Hall–Kier alpha value is -1.49. The minimum atomic E-state index is -1.08. The van der Waals surface area contributed by atoms with Gasteiger partial charge in [0.15, 0.2) is 5.50 Å². The van der Waals surface area contributed by atoms with E-state index >= 15 is 0 Å². The number of carboxylic acid groups (broad SMARTS) is 1. The number of likely N-dealkylation sites (N-methyl/N-ethyl adjacent to an activating group) is 1. The van der Waals surface area contributed by atoms with Gasteiger partial charge >= 0.3 is 5.97 Å². The number of nitrogens with one attached hydrogen (secondary N) is 1. The first-order valence-corrected chi connectivity index (χ1v) is 4.41. The summed E-state index contributed by atoms with van der Waals surface area (Å²) in [6, 6.07) is 1.78. The SMILES string of the molecule is CN1C(C(=O)O)=NC(Cl)c2cc[nH]c21. The number of hydrogen-bond acceptors (Lipinski definition) is 3. The Morgan fingerprint density at radius 2 is 2.50 bits per heavy atom. The molecule has 74 valence electrons. The quantitative estimate of drug-likeness (QED) is 0.544. The summed E-state index contributed by atoms with van der Waals surface area (Å²) in [6.45, 7) is 0. The van der Waals surface area contributed by atoms with Gasteiger partial charge in [0, 0.05) is 18.8 Å². The van der Waals surface area contributed by atoms with E-state index in [2.05, 4.69) is 9.98 Å². The van der Waals surface area contributed by atoms with Crippen molar-refractivity contribution in [2.24, 2.45) is 4.99 Å². The van der Waals surface area contributed by atoms with Crippen LogP contribution in [-0.4, -0.2) is 28.9 Å². The summed E-state index contributed by atoms with van der Waals surface area (Å²) in [7, 11) is 1.63. The number of hydrogen-bond donors (Lipinski definition) is 2. The number of H-pyrrole nitrogens is 1. The van der Waals surface area contributed by atoms with Crippen LogP contribution in [0.25, 0.3) is 0 Å². The van der Waals surface area contributed by atoms with Crippen molar-refractivity contribution < 1.29 is 9.90 Å². The fourth-order valence-corrected chi connectivity index (χ4v) is 1.69. The molecule has 1 aliphatic heterocycles. The van der Waals surface area contributed by atoms with Crippen LogP contribution in [0.15, 0.2) is 17.3 Å². The van der Waals surface area contributed by atoms with Gasteiger partial charge in [0.2, 0.25) is 5.84 Å². The number of aromatic nitrogens is 1. The number of aliphatic carboxylic acids is 1. The van der Waals surface area contributed by atoms with Crippen molar-refractivity contribution in [2.45, 2.75) is 5.50 Å². The average Bonchev–Trinajstić information content (AvgIpc) is 2.59. The normalized spacial score (nSPS) is 20.3. The van der Waals surface area contributed by atoms with E-state index in [9.17, 15) is 4.79 Å². The van der Waals surface area contributed by atoms with Crippen LogP contribution in [-0.2, 0) is 4.79 Å². The molecule has 0 radical (unpaired) electrons. The molecule has 14 heavy (non-hydrogen) atoms. The summed E-state index contributed by atoms with van der Waals surface area (Å²) in [5.41, 5.74) is 0.165. The molecule has 0 spiro atoms. The fraction of sp³-hybridized carbons (Fsp3) is 0.250. The molecular formula is C8H8ClN3O2. The van der Waals surface area contributed by atoms with Gasteiger partial charge in [-0.25, -0.2) is 9.79 Å². The minimum Gasteiger partial charge on any atom is -0.475 e. The third-order valence-corrected chi connectivity index (χ3v) is 2.43. The molecule has 1 aromatic heterocycles. The van der Waals surface area contributed by atoms with E-state index in [-0.39, 0.29) is 5.84 Å². The number of nitrogens with zero attached hydrogens (tertiary/aromatic N) is 2. The molecule has 0 saturated heterocycles. The maximum atomic E-state index is 10.8. The summed E-state index contributed by atoms with van der Waals surface area (Å²) in [6.07, 6.45) is 1.71. The largest absolute Gasteiger partial charge is 0.475 e. The second-order valence-electron chi connectivity index (χ2n) is 2.93. The summed E-state index contributed by atoms with van der Waals surface area (Å²) in [5, 5.41) is 8.84. The number of carbonyl (C=O) groups is 1. The first kappa shape index (κ1) is 9.08. The monoisotopic (exact) mass is 213 g/mol. The molecule has 0 aliphatic carbocycles. The van der Waals surface area contributed by atoms with Crippen molar-refractivity contribution in [1.82, 2.24) is 4.98 Å². The van der Waals surface area contributed by atoms with E-state index in [4.69, 9.17) is 16.7 Å². The van der Waals surface area contributed by atoms with E-state index < -0.39 is 11.5 Å². The zero-order valence-corrected chi connectivity index (χ0v) is 8.12. The second-order valence-corrected chi connectivity index (χ2v) is 3.35. The summed E-state index contributed by atoms with van der Waals surface area (Å²) < 4.78 is 0. The molecule has 1 unspecified atom stereocenters. The zero-order valence-electron chi connectivity index (χ0n) is 7.36. The van der Waals surface area contributed by atoms with E-state index in [1.165, 1.54) is 4.90 Å². The number of rotatable bonds is 1. The number of alkyl halides is 1. The number of aliphatic imine (C=N–C) groups is 1. The Morgan fingerprint density at radius 1 is 1.79 bits per heavy atom. The molecule has 6 heteroatoms. The summed E-state index contributed by atoms with van der Waals surface area (Å²) >= 11 is 5.90. The van der Waals surface area contributed by atoms with Crippen molar-refractivity contribution in [1.29, 1.82) is 0 Å². The highest BCUT2D eigenvalue weighted by molar-refractivity contribution is 6.41. The Bertz CT molecular complexity index is 412. The Morgan fingerprint density at radius 3 is 3.14 bits per heavy atom.